The molecule has 0 aliphatic heterocycles. The van der Waals surface area contributed by atoms with Gasteiger partial charge in [-0.1, -0.05) is 23.7 Å². The molecule has 0 saturated carbocycles. The number of hydrogen-bond acceptors (Lipinski definition) is 6. The Balaban J connectivity index is 1.74. The van der Waals surface area contributed by atoms with Gasteiger partial charge in [0, 0.05) is 12.7 Å². The minimum absolute atomic E-state index is 0.0217. The van der Waals surface area contributed by atoms with Gasteiger partial charge in [0.1, 0.15) is 5.15 Å². The van der Waals surface area contributed by atoms with Gasteiger partial charge in [0.15, 0.2) is 6.61 Å². The van der Waals surface area contributed by atoms with Gasteiger partial charge in [-0.25, -0.2) is 23.3 Å². The number of ether oxygens (including phenoxy) is 1. The third kappa shape index (κ3) is 6.10. The second kappa shape index (κ2) is 8.75. The molecule has 0 atom stereocenters. The molecule has 10 heteroatoms. The Morgan fingerprint density at radius 1 is 1.19 bits per heavy atom. The predicted molar refractivity (Wildman–Crippen MR) is 94.1 cm³/mol. The number of aromatic nitrogens is 1. The van der Waals surface area contributed by atoms with Crippen LogP contribution in [0, 0.1) is 0 Å². The fourth-order valence-corrected chi connectivity index (χ4v) is 2.68. The maximum absolute atomic E-state index is 11.8. The molecule has 0 aliphatic carbocycles. The third-order valence-corrected chi connectivity index (χ3v) is 4.42. The summed E-state index contributed by atoms with van der Waals surface area (Å²) in [6.45, 7) is -0.130. The van der Waals surface area contributed by atoms with Crippen LogP contribution >= 0.6 is 11.6 Å². The van der Waals surface area contributed by atoms with Crippen molar-refractivity contribution in [3.63, 3.8) is 0 Å². The molecule has 26 heavy (non-hydrogen) atoms. The third-order valence-electron chi connectivity index (χ3n) is 3.28. The van der Waals surface area contributed by atoms with Crippen LogP contribution in [0.1, 0.15) is 15.9 Å². The standard InChI is InChI=1S/C16H16ClN3O5S/c17-14-9-12(6-8-19-14)16(22)25-10-15(21)20-7-5-11-1-3-13(4-2-11)26(18,23)24/h1-4,6,8-9H,5,7,10H2,(H,20,21)(H2,18,23,24). The molecule has 0 aliphatic rings. The van der Waals surface area contributed by atoms with Gasteiger partial charge in [-0.05, 0) is 36.2 Å². The molecule has 138 valence electrons. The lowest BCUT2D eigenvalue weighted by atomic mass is 10.1. The summed E-state index contributed by atoms with van der Waals surface area (Å²) in [4.78, 5) is 27.2. The Hall–Kier alpha value is -2.49. The second-order valence-corrected chi connectivity index (χ2v) is 7.18. The van der Waals surface area contributed by atoms with Crippen molar-refractivity contribution < 1.29 is 22.7 Å². The lowest BCUT2D eigenvalue weighted by Crippen LogP contribution is -2.30. The Morgan fingerprint density at radius 3 is 2.50 bits per heavy atom. The molecule has 0 radical (unpaired) electrons. The van der Waals surface area contributed by atoms with E-state index in [1.165, 1.54) is 30.5 Å². The largest absolute Gasteiger partial charge is 0.452 e. The molecule has 0 unspecified atom stereocenters. The fraction of sp³-hybridized carbons (Fsp3) is 0.188. The van der Waals surface area contributed by atoms with E-state index in [0.717, 1.165) is 5.56 Å². The van der Waals surface area contributed by atoms with Crippen molar-refractivity contribution in [2.24, 2.45) is 5.14 Å². The van der Waals surface area contributed by atoms with E-state index in [2.05, 4.69) is 10.3 Å². The zero-order valence-electron chi connectivity index (χ0n) is 13.5. The molecule has 0 fully saturated rings. The van der Waals surface area contributed by atoms with Crippen LogP contribution in [0.5, 0.6) is 0 Å². The second-order valence-electron chi connectivity index (χ2n) is 5.23. The molecule has 3 N–H and O–H groups in total. The van der Waals surface area contributed by atoms with Crippen LogP contribution in [-0.4, -0.2) is 38.4 Å². The number of sulfonamides is 1. The van der Waals surface area contributed by atoms with Crippen LogP contribution in [-0.2, 0) is 26.0 Å². The number of nitrogens with zero attached hydrogens (tertiary/aromatic N) is 1. The number of rotatable bonds is 7. The van der Waals surface area contributed by atoms with E-state index in [1.807, 2.05) is 0 Å². The molecule has 2 rings (SSSR count). The quantitative estimate of drug-likeness (QED) is 0.527. The highest BCUT2D eigenvalue weighted by Crippen LogP contribution is 2.09. The Labute approximate surface area is 155 Å². The number of pyridine rings is 1. The number of carbonyl (C=O) groups excluding carboxylic acids is 2. The summed E-state index contributed by atoms with van der Waals surface area (Å²) < 4.78 is 27.2. The van der Waals surface area contributed by atoms with Crippen LogP contribution in [0.2, 0.25) is 5.15 Å². The van der Waals surface area contributed by atoms with E-state index < -0.39 is 28.5 Å². The van der Waals surface area contributed by atoms with Crippen molar-refractivity contribution in [2.75, 3.05) is 13.2 Å². The first-order chi connectivity index (χ1) is 12.3. The highest BCUT2D eigenvalue weighted by Gasteiger charge is 2.11. The highest BCUT2D eigenvalue weighted by molar-refractivity contribution is 7.89. The number of amides is 1. The van der Waals surface area contributed by atoms with E-state index >= 15 is 0 Å². The summed E-state index contributed by atoms with van der Waals surface area (Å²) in [5, 5.41) is 7.76. The van der Waals surface area contributed by atoms with Crippen LogP contribution in [0.15, 0.2) is 47.5 Å². The van der Waals surface area contributed by atoms with Gasteiger partial charge < -0.3 is 10.1 Å². The molecule has 1 amide bonds. The van der Waals surface area contributed by atoms with Gasteiger partial charge in [0.25, 0.3) is 5.91 Å². The topological polar surface area (TPSA) is 128 Å². The van der Waals surface area contributed by atoms with E-state index in [-0.39, 0.29) is 15.6 Å². The maximum Gasteiger partial charge on any atom is 0.338 e. The number of carbonyl (C=O) groups is 2. The molecule has 0 saturated heterocycles. The first-order valence-electron chi connectivity index (χ1n) is 7.43. The van der Waals surface area contributed by atoms with E-state index in [0.29, 0.717) is 13.0 Å². The van der Waals surface area contributed by atoms with Gasteiger partial charge in [0.05, 0.1) is 10.5 Å². The molecular formula is C16H16ClN3O5S. The monoisotopic (exact) mass is 397 g/mol. The molecule has 0 spiro atoms. The van der Waals surface area contributed by atoms with Crippen LogP contribution in [0.3, 0.4) is 0 Å². The minimum Gasteiger partial charge on any atom is -0.452 e. The van der Waals surface area contributed by atoms with Crippen LogP contribution in [0.25, 0.3) is 0 Å². The van der Waals surface area contributed by atoms with Crippen molar-refractivity contribution in [2.45, 2.75) is 11.3 Å². The van der Waals surface area contributed by atoms with Crippen molar-refractivity contribution >= 4 is 33.5 Å². The Kier molecular flexibility index (Phi) is 6.67. The lowest BCUT2D eigenvalue weighted by molar-refractivity contribution is -0.124. The minimum atomic E-state index is -3.73. The zero-order chi connectivity index (χ0) is 19.2. The summed E-state index contributed by atoms with van der Waals surface area (Å²) >= 11 is 5.67. The van der Waals surface area contributed by atoms with Gasteiger partial charge >= 0.3 is 5.97 Å². The van der Waals surface area contributed by atoms with Crippen LogP contribution in [0.4, 0.5) is 0 Å². The van der Waals surface area contributed by atoms with Crippen molar-refractivity contribution in [1.82, 2.24) is 10.3 Å². The first kappa shape index (κ1) is 19.8. The molecule has 8 nitrogen and oxygen atoms in total. The average molecular weight is 398 g/mol. The van der Waals surface area contributed by atoms with Crippen molar-refractivity contribution in [1.29, 1.82) is 0 Å². The molecule has 1 aromatic heterocycles. The molecule has 1 aromatic carbocycles. The summed E-state index contributed by atoms with van der Waals surface area (Å²) in [6.07, 6.45) is 1.84. The normalized spacial score (nSPS) is 11.0. The highest BCUT2D eigenvalue weighted by atomic mass is 35.5. The van der Waals surface area contributed by atoms with E-state index in [9.17, 15) is 18.0 Å². The Morgan fingerprint density at radius 2 is 1.88 bits per heavy atom. The number of nitrogens with one attached hydrogen (secondary N) is 1. The number of esters is 1. The SMILES string of the molecule is NS(=O)(=O)c1ccc(CCNC(=O)COC(=O)c2ccnc(Cl)c2)cc1. The fourth-order valence-electron chi connectivity index (χ4n) is 1.99. The number of benzene rings is 1. The molecule has 0 bridgehead atoms. The van der Waals surface area contributed by atoms with Gasteiger partial charge in [-0.15, -0.1) is 0 Å². The number of primary sulfonamides is 1. The summed E-state index contributed by atoms with van der Waals surface area (Å²) in [7, 11) is -3.73. The predicted octanol–water partition coefficient (Wildman–Crippen LogP) is 0.898. The summed E-state index contributed by atoms with van der Waals surface area (Å²) in [5.41, 5.74) is 1.02. The van der Waals surface area contributed by atoms with Crippen molar-refractivity contribution in [3.05, 3.63) is 58.9 Å². The maximum atomic E-state index is 11.8. The average Bonchev–Trinajstić information content (AvgIpc) is 2.59. The molecule has 2 aromatic rings. The first-order valence-corrected chi connectivity index (χ1v) is 9.35. The number of nitrogens with two attached hydrogens (primary N) is 1. The molecule has 1 heterocycles. The summed E-state index contributed by atoms with van der Waals surface area (Å²) in [6, 6.07) is 8.78. The number of halogens is 1. The zero-order valence-corrected chi connectivity index (χ0v) is 15.1. The van der Waals surface area contributed by atoms with Gasteiger partial charge in [-0.3, -0.25) is 4.79 Å². The van der Waals surface area contributed by atoms with Gasteiger partial charge in [-0.2, -0.15) is 0 Å². The molecular weight excluding hydrogens is 382 g/mol. The van der Waals surface area contributed by atoms with E-state index in [1.54, 1.807) is 12.1 Å². The van der Waals surface area contributed by atoms with E-state index in [4.69, 9.17) is 21.5 Å². The number of hydrogen-bond donors (Lipinski definition) is 2. The summed E-state index contributed by atoms with van der Waals surface area (Å²) in [5.74, 6) is -1.14. The van der Waals surface area contributed by atoms with Gasteiger partial charge in [0.2, 0.25) is 10.0 Å². The smallest absolute Gasteiger partial charge is 0.338 e. The van der Waals surface area contributed by atoms with Crippen molar-refractivity contribution in [3.8, 4) is 0 Å². The lowest BCUT2D eigenvalue weighted by Gasteiger charge is -2.07. The van der Waals surface area contributed by atoms with Crippen LogP contribution < -0.4 is 10.5 Å². The Bertz CT molecular complexity index is 900.